The van der Waals surface area contributed by atoms with E-state index >= 15 is 0 Å². The zero-order valence-electron chi connectivity index (χ0n) is 19.9. The average molecular weight is 499 g/mol. The molecule has 0 radical (unpaired) electrons. The zero-order valence-corrected chi connectivity index (χ0v) is 20.8. The van der Waals surface area contributed by atoms with Gasteiger partial charge in [0.15, 0.2) is 0 Å². The molecule has 1 aromatic heterocycles. The van der Waals surface area contributed by atoms with Crippen LogP contribution in [0.25, 0.3) is 5.76 Å². The van der Waals surface area contributed by atoms with Crippen LogP contribution in [0.15, 0.2) is 47.4 Å². The maximum absolute atomic E-state index is 13.3. The van der Waals surface area contributed by atoms with Crippen LogP contribution in [0.4, 0.5) is 4.79 Å². The van der Waals surface area contributed by atoms with E-state index < -0.39 is 17.7 Å². The summed E-state index contributed by atoms with van der Waals surface area (Å²) in [5, 5.41) is 13.2. The number of benzene rings is 1. The highest BCUT2D eigenvalue weighted by molar-refractivity contribution is 7.10. The fourth-order valence-corrected chi connectivity index (χ4v) is 5.43. The van der Waals surface area contributed by atoms with Crippen molar-refractivity contribution < 1.29 is 29.0 Å². The second-order valence-electron chi connectivity index (χ2n) is 8.52. The number of thiophene rings is 1. The van der Waals surface area contributed by atoms with Crippen molar-refractivity contribution in [1.82, 2.24) is 9.80 Å². The van der Waals surface area contributed by atoms with Crippen LogP contribution >= 0.6 is 11.3 Å². The van der Waals surface area contributed by atoms with Gasteiger partial charge in [-0.15, -0.1) is 11.3 Å². The summed E-state index contributed by atoms with van der Waals surface area (Å²) < 4.78 is 10.8. The number of ketones is 1. The number of aliphatic hydroxyl groups excluding tert-OH is 1. The van der Waals surface area contributed by atoms with Gasteiger partial charge in [-0.2, -0.15) is 0 Å². The Hall–Kier alpha value is -3.33. The molecule has 0 aliphatic carbocycles. The lowest BCUT2D eigenvalue weighted by Crippen LogP contribution is -2.48. The Kier molecular flexibility index (Phi) is 7.75. The van der Waals surface area contributed by atoms with Crippen molar-refractivity contribution in [2.24, 2.45) is 0 Å². The maximum atomic E-state index is 13.3. The Morgan fingerprint density at radius 2 is 1.91 bits per heavy atom. The van der Waals surface area contributed by atoms with Gasteiger partial charge in [0.2, 0.25) is 0 Å². The third-order valence-electron chi connectivity index (χ3n) is 6.26. The third kappa shape index (κ3) is 5.05. The first-order valence-electron chi connectivity index (χ1n) is 11.9. The van der Waals surface area contributed by atoms with Gasteiger partial charge in [0.05, 0.1) is 24.8 Å². The molecule has 0 saturated carbocycles. The van der Waals surface area contributed by atoms with Crippen LogP contribution in [0, 0.1) is 0 Å². The van der Waals surface area contributed by atoms with E-state index in [1.165, 1.54) is 11.3 Å². The molecule has 1 N–H and O–H groups in total. The predicted octanol–water partition coefficient (Wildman–Crippen LogP) is 4.58. The van der Waals surface area contributed by atoms with E-state index in [4.69, 9.17) is 9.47 Å². The van der Waals surface area contributed by atoms with Gasteiger partial charge in [-0.3, -0.25) is 9.59 Å². The second-order valence-corrected chi connectivity index (χ2v) is 9.49. The van der Waals surface area contributed by atoms with Crippen molar-refractivity contribution in [1.29, 1.82) is 0 Å². The molecule has 1 aromatic carbocycles. The molecule has 186 valence electrons. The maximum Gasteiger partial charge on any atom is 0.409 e. The lowest BCUT2D eigenvalue weighted by molar-refractivity contribution is -0.142. The molecule has 2 fully saturated rings. The smallest absolute Gasteiger partial charge is 0.409 e. The predicted molar refractivity (Wildman–Crippen MR) is 132 cm³/mol. The van der Waals surface area contributed by atoms with Gasteiger partial charge in [0.25, 0.3) is 11.7 Å². The monoisotopic (exact) mass is 498 g/mol. The van der Waals surface area contributed by atoms with E-state index in [0.717, 1.165) is 11.3 Å². The van der Waals surface area contributed by atoms with E-state index in [2.05, 4.69) is 0 Å². The molecule has 2 amide bonds. The lowest BCUT2D eigenvalue weighted by Gasteiger charge is -2.38. The first kappa shape index (κ1) is 24.8. The SMILES string of the molecule is CCCOc1cccc(/C(O)=C2/C(=O)C(=O)N(C3CCN(C(=O)OCC)CC3)C2c2cccs2)c1. The largest absolute Gasteiger partial charge is 0.507 e. The standard InChI is InChI=1S/C26H30N2O6S/c1-3-14-34-19-8-5-7-17(16-19)23(29)21-22(20-9-6-15-35-20)28(25(31)24(21)30)18-10-12-27(13-11-18)26(32)33-4-2/h5-9,15-16,18,22,29H,3-4,10-14H2,1-2H3/b23-21-. The molecule has 4 rings (SSSR count). The van der Waals surface area contributed by atoms with Crippen molar-refractivity contribution in [3.05, 3.63) is 57.8 Å². The van der Waals surface area contributed by atoms with Crippen LogP contribution in [-0.2, 0) is 14.3 Å². The number of carbonyl (C=O) groups is 3. The Labute approximate surface area is 208 Å². The van der Waals surface area contributed by atoms with Gasteiger partial charge in [-0.25, -0.2) is 4.79 Å². The number of Topliss-reactive ketones (excluding diaryl/α,β-unsaturated/α-hetero) is 1. The normalized spacial score (nSPS) is 20.3. The Bertz CT molecular complexity index is 1100. The first-order chi connectivity index (χ1) is 17.0. The highest BCUT2D eigenvalue weighted by atomic mass is 32.1. The van der Waals surface area contributed by atoms with E-state index in [-0.39, 0.29) is 23.5 Å². The van der Waals surface area contributed by atoms with Gasteiger partial charge < -0.3 is 24.4 Å². The van der Waals surface area contributed by atoms with Crippen LogP contribution in [-0.4, -0.2) is 65.0 Å². The molecule has 2 aromatic rings. The number of carbonyl (C=O) groups excluding carboxylic acids is 3. The number of amides is 2. The summed E-state index contributed by atoms with van der Waals surface area (Å²) >= 11 is 1.43. The number of nitrogens with zero attached hydrogens (tertiary/aromatic N) is 2. The van der Waals surface area contributed by atoms with E-state index in [1.807, 2.05) is 24.4 Å². The van der Waals surface area contributed by atoms with Crippen LogP contribution in [0.5, 0.6) is 5.75 Å². The molecule has 8 nitrogen and oxygen atoms in total. The van der Waals surface area contributed by atoms with Crippen LogP contribution < -0.4 is 4.74 Å². The Morgan fingerprint density at radius 1 is 1.14 bits per heavy atom. The summed E-state index contributed by atoms with van der Waals surface area (Å²) in [5.74, 6) is -0.953. The van der Waals surface area contributed by atoms with Gasteiger partial charge in [0.1, 0.15) is 11.5 Å². The Morgan fingerprint density at radius 3 is 2.57 bits per heavy atom. The fraction of sp³-hybridized carbons (Fsp3) is 0.423. The van der Waals surface area contributed by atoms with Gasteiger partial charge in [0, 0.05) is 29.6 Å². The number of hydrogen-bond donors (Lipinski definition) is 1. The lowest BCUT2D eigenvalue weighted by atomic mass is 9.97. The summed E-state index contributed by atoms with van der Waals surface area (Å²) in [7, 11) is 0. The molecule has 9 heteroatoms. The van der Waals surface area contributed by atoms with E-state index in [1.54, 1.807) is 41.0 Å². The third-order valence-corrected chi connectivity index (χ3v) is 7.18. The van der Waals surface area contributed by atoms with Crippen molar-refractivity contribution in [3.63, 3.8) is 0 Å². The summed E-state index contributed by atoms with van der Waals surface area (Å²) in [4.78, 5) is 42.7. The molecule has 0 spiro atoms. The molecule has 3 heterocycles. The minimum Gasteiger partial charge on any atom is -0.507 e. The van der Waals surface area contributed by atoms with Crippen LogP contribution in [0.1, 0.15) is 49.6 Å². The van der Waals surface area contributed by atoms with Crippen molar-refractivity contribution in [3.8, 4) is 5.75 Å². The molecule has 2 saturated heterocycles. The summed E-state index contributed by atoms with van der Waals surface area (Å²) in [5.41, 5.74) is 0.508. The quantitative estimate of drug-likeness (QED) is 0.341. The summed E-state index contributed by atoms with van der Waals surface area (Å²) in [6.45, 7) is 5.46. The highest BCUT2D eigenvalue weighted by Gasteiger charge is 2.49. The zero-order chi connectivity index (χ0) is 24.9. The van der Waals surface area contributed by atoms with Gasteiger partial charge in [-0.1, -0.05) is 25.1 Å². The number of rotatable bonds is 7. The highest BCUT2D eigenvalue weighted by Crippen LogP contribution is 2.43. The van der Waals surface area contributed by atoms with Gasteiger partial charge >= 0.3 is 6.09 Å². The summed E-state index contributed by atoms with van der Waals surface area (Å²) in [6.07, 6.45) is 1.52. The molecule has 1 unspecified atom stereocenters. The van der Waals surface area contributed by atoms with Crippen LogP contribution in [0.3, 0.4) is 0 Å². The molecule has 1 atom stereocenters. The number of hydrogen-bond acceptors (Lipinski definition) is 7. The topological polar surface area (TPSA) is 96.4 Å². The molecular formula is C26H30N2O6S. The number of piperidine rings is 1. The number of likely N-dealkylation sites (tertiary alicyclic amines) is 2. The van der Waals surface area contributed by atoms with Crippen molar-refractivity contribution >= 4 is 34.9 Å². The van der Waals surface area contributed by atoms with Crippen molar-refractivity contribution in [2.75, 3.05) is 26.3 Å². The van der Waals surface area contributed by atoms with Gasteiger partial charge in [-0.05, 0) is 49.8 Å². The van der Waals surface area contributed by atoms with E-state index in [0.29, 0.717) is 50.5 Å². The van der Waals surface area contributed by atoms with E-state index in [9.17, 15) is 19.5 Å². The Balaban J connectivity index is 1.67. The summed E-state index contributed by atoms with van der Waals surface area (Å²) in [6, 6.07) is 9.73. The fourth-order valence-electron chi connectivity index (χ4n) is 4.60. The molecule has 35 heavy (non-hydrogen) atoms. The first-order valence-corrected chi connectivity index (χ1v) is 12.8. The molecular weight excluding hydrogens is 468 g/mol. The minimum atomic E-state index is -0.700. The second kappa shape index (κ2) is 10.9. The number of ether oxygens (including phenoxy) is 2. The van der Waals surface area contributed by atoms with Crippen molar-refractivity contribution in [2.45, 2.75) is 45.2 Å². The number of aliphatic hydroxyl groups is 1. The average Bonchev–Trinajstić information content (AvgIpc) is 3.49. The van der Waals surface area contributed by atoms with Crippen LogP contribution in [0.2, 0.25) is 0 Å². The molecule has 2 aliphatic heterocycles. The molecule has 0 bridgehead atoms. The minimum absolute atomic E-state index is 0.0814. The molecule has 2 aliphatic rings.